The van der Waals surface area contributed by atoms with Crippen molar-refractivity contribution in [2.45, 2.75) is 41.0 Å². The van der Waals surface area contributed by atoms with E-state index in [1.165, 1.54) is 16.9 Å². The van der Waals surface area contributed by atoms with Crippen LogP contribution in [0.4, 0.5) is 11.4 Å². The fraction of sp³-hybridized carbons (Fsp3) is 0.444. The fourth-order valence-corrected chi connectivity index (χ4v) is 1.99. The van der Waals surface area contributed by atoms with Crippen molar-refractivity contribution in [2.75, 3.05) is 12.3 Å². The van der Waals surface area contributed by atoms with Gasteiger partial charge in [-0.05, 0) is 28.8 Å². The van der Waals surface area contributed by atoms with Gasteiger partial charge in [-0.25, -0.2) is 0 Å². The minimum Gasteiger partial charge on any atom is -0.682 e. The predicted molar refractivity (Wildman–Crippen MR) is 91.8 cm³/mol. The van der Waals surface area contributed by atoms with Crippen LogP contribution in [0.15, 0.2) is 24.5 Å². The first-order valence-corrected chi connectivity index (χ1v) is 7.44. The normalized spacial score (nSPS) is 13.0. The quantitative estimate of drug-likeness (QED) is 0.521. The van der Waals surface area contributed by atoms with E-state index in [0.29, 0.717) is 5.41 Å². The van der Waals surface area contributed by atoms with Gasteiger partial charge in [-0.15, -0.1) is 12.2 Å². The predicted octanol–water partition coefficient (Wildman–Crippen LogP) is 5.02. The molecule has 0 aliphatic carbocycles. The standard InChI is InChI=1S/C11H10N3.C7H15.Y/c12-9-2-1-7-5-13-6-8-3-4-14-11(9)10(7)8;1-6(2)7(3,4)5;/h1-2,5-6H,3-4,12H2;1-5H3;/q2*-1;. The number of aromatic nitrogens is 1. The summed E-state index contributed by atoms with van der Waals surface area (Å²) in [4.78, 5) is 4.21. The van der Waals surface area contributed by atoms with Crippen LogP contribution >= 0.6 is 0 Å². The Labute approximate surface area is 159 Å². The SMILES string of the molecule is C[C-](C)C(C)(C)C.Nc1ccc2cncc3c2c1[N-]CC3.[Y]. The van der Waals surface area contributed by atoms with E-state index in [1.807, 2.05) is 24.5 Å². The van der Waals surface area contributed by atoms with Crippen LogP contribution in [-0.4, -0.2) is 11.5 Å². The van der Waals surface area contributed by atoms with Crippen LogP contribution in [-0.2, 0) is 39.1 Å². The first-order valence-electron chi connectivity index (χ1n) is 7.44. The Morgan fingerprint density at radius 2 is 1.82 bits per heavy atom. The van der Waals surface area contributed by atoms with Gasteiger partial charge in [0.1, 0.15) is 0 Å². The van der Waals surface area contributed by atoms with Gasteiger partial charge in [-0.1, -0.05) is 26.8 Å². The second kappa shape index (κ2) is 7.74. The second-order valence-corrected chi connectivity index (χ2v) is 6.78. The number of hydrogen-bond donors (Lipinski definition) is 1. The molecule has 0 amide bonds. The van der Waals surface area contributed by atoms with Gasteiger partial charge < -0.3 is 17.0 Å². The summed E-state index contributed by atoms with van der Waals surface area (Å²) in [6.45, 7) is 11.8. The molecule has 0 unspecified atom stereocenters. The zero-order valence-corrected chi connectivity index (χ0v) is 17.1. The maximum absolute atomic E-state index is 5.89. The van der Waals surface area contributed by atoms with Crippen molar-refractivity contribution in [3.63, 3.8) is 0 Å². The Morgan fingerprint density at radius 1 is 1.18 bits per heavy atom. The van der Waals surface area contributed by atoms with E-state index in [1.54, 1.807) is 0 Å². The van der Waals surface area contributed by atoms with Crippen molar-refractivity contribution in [2.24, 2.45) is 5.41 Å². The molecular formula is C18H25N3Y-2. The van der Waals surface area contributed by atoms with Crippen LogP contribution in [0.2, 0.25) is 0 Å². The van der Waals surface area contributed by atoms with Gasteiger partial charge in [0, 0.05) is 50.8 Å². The van der Waals surface area contributed by atoms with Crippen LogP contribution in [0.25, 0.3) is 16.1 Å². The van der Waals surface area contributed by atoms with E-state index >= 15 is 0 Å². The number of nitrogens with zero attached hydrogens (tertiary/aromatic N) is 2. The van der Waals surface area contributed by atoms with Crippen LogP contribution in [0.5, 0.6) is 0 Å². The molecule has 1 aromatic heterocycles. The van der Waals surface area contributed by atoms with Crippen molar-refractivity contribution in [1.82, 2.24) is 4.98 Å². The molecule has 0 bridgehead atoms. The number of hydrogen-bond acceptors (Lipinski definition) is 2. The maximum atomic E-state index is 5.89. The molecule has 4 heteroatoms. The molecule has 0 atom stereocenters. The molecule has 117 valence electrons. The second-order valence-electron chi connectivity index (χ2n) is 6.78. The van der Waals surface area contributed by atoms with Crippen LogP contribution in [0.3, 0.4) is 0 Å². The monoisotopic (exact) mass is 372 g/mol. The number of anilines is 1. The molecule has 2 heterocycles. The Balaban J connectivity index is 0.000000264. The molecule has 1 aliphatic rings. The molecule has 22 heavy (non-hydrogen) atoms. The summed E-state index contributed by atoms with van der Waals surface area (Å²) in [5.74, 6) is 1.49. The van der Waals surface area contributed by atoms with Crippen molar-refractivity contribution in [1.29, 1.82) is 0 Å². The van der Waals surface area contributed by atoms with E-state index < -0.39 is 0 Å². The average Bonchev–Trinajstić information content (AvgIpc) is 2.43. The van der Waals surface area contributed by atoms with Crippen LogP contribution in [0, 0.1) is 11.3 Å². The Hall–Kier alpha value is -0.666. The number of pyridine rings is 1. The van der Waals surface area contributed by atoms with Gasteiger partial charge in [0.05, 0.1) is 0 Å². The number of nitrogen functional groups attached to an aromatic ring is 1. The Bertz CT molecular complexity index is 630. The number of benzene rings is 1. The summed E-state index contributed by atoms with van der Waals surface area (Å²) in [5, 5.41) is 6.78. The first-order chi connectivity index (χ1) is 9.80. The summed E-state index contributed by atoms with van der Waals surface area (Å²) in [6, 6.07) is 3.91. The maximum Gasteiger partial charge on any atom is 0.0346 e. The summed E-state index contributed by atoms with van der Waals surface area (Å²) < 4.78 is 0. The molecule has 0 fully saturated rings. The third-order valence-corrected chi connectivity index (χ3v) is 4.16. The van der Waals surface area contributed by atoms with Crippen molar-refractivity contribution < 1.29 is 32.7 Å². The van der Waals surface area contributed by atoms with Gasteiger partial charge in [-0.3, -0.25) is 4.98 Å². The Morgan fingerprint density at radius 3 is 2.41 bits per heavy atom. The van der Waals surface area contributed by atoms with E-state index in [-0.39, 0.29) is 32.7 Å². The smallest absolute Gasteiger partial charge is 0.0346 e. The van der Waals surface area contributed by atoms with E-state index in [0.717, 1.165) is 29.7 Å². The van der Waals surface area contributed by atoms with Gasteiger partial charge in [0.25, 0.3) is 0 Å². The van der Waals surface area contributed by atoms with E-state index in [2.05, 4.69) is 44.9 Å². The molecule has 3 rings (SSSR count). The molecule has 0 saturated carbocycles. The summed E-state index contributed by atoms with van der Waals surface area (Å²) >= 11 is 0. The van der Waals surface area contributed by atoms with Crippen molar-refractivity contribution in [3.8, 4) is 0 Å². The van der Waals surface area contributed by atoms with Gasteiger partial charge in [-0.2, -0.15) is 19.3 Å². The Kier molecular flexibility index (Phi) is 6.82. The summed E-state index contributed by atoms with van der Waals surface area (Å²) in [6.07, 6.45) is 4.75. The molecule has 1 radical (unpaired) electrons. The van der Waals surface area contributed by atoms with Gasteiger partial charge >= 0.3 is 0 Å². The van der Waals surface area contributed by atoms with Crippen molar-refractivity contribution >= 4 is 22.1 Å². The third kappa shape index (κ3) is 4.42. The summed E-state index contributed by atoms with van der Waals surface area (Å²) in [5.41, 5.74) is 9.28. The minimum atomic E-state index is 0. The van der Waals surface area contributed by atoms with E-state index in [4.69, 9.17) is 5.73 Å². The van der Waals surface area contributed by atoms with Crippen LogP contribution in [0.1, 0.15) is 40.2 Å². The minimum absolute atomic E-state index is 0. The summed E-state index contributed by atoms with van der Waals surface area (Å²) in [7, 11) is 0. The number of rotatable bonds is 0. The molecule has 0 saturated heterocycles. The average molecular weight is 372 g/mol. The molecule has 2 aromatic rings. The molecular weight excluding hydrogens is 347 g/mol. The molecule has 1 aliphatic heterocycles. The molecule has 1 aromatic carbocycles. The molecule has 3 nitrogen and oxygen atoms in total. The molecule has 0 spiro atoms. The zero-order valence-electron chi connectivity index (χ0n) is 14.3. The topological polar surface area (TPSA) is 53.0 Å². The zero-order chi connectivity index (χ0) is 15.6. The largest absolute Gasteiger partial charge is 0.682 e. The first kappa shape index (κ1) is 19.4. The van der Waals surface area contributed by atoms with Crippen LogP contribution < -0.4 is 5.73 Å². The fourth-order valence-electron chi connectivity index (χ4n) is 1.99. The van der Waals surface area contributed by atoms with Gasteiger partial charge in [0.15, 0.2) is 0 Å². The third-order valence-electron chi connectivity index (χ3n) is 4.16. The van der Waals surface area contributed by atoms with Gasteiger partial charge in [0.2, 0.25) is 0 Å². The number of nitrogens with two attached hydrogens (primary N) is 1. The van der Waals surface area contributed by atoms with E-state index in [9.17, 15) is 0 Å². The van der Waals surface area contributed by atoms with Crippen molar-refractivity contribution in [3.05, 3.63) is 41.3 Å². The molecule has 2 N–H and O–H groups in total.